The Bertz CT molecular complexity index is 1370. The Balaban J connectivity index is 1.75. The molecule has 12 nitrogen and oxygen atoms in total. The lowest BCUT2D eigenvalue weighted by molar-refractivity contribution is -0.153. The van der Waals surface area contributed by atoms with Gasteiger partial charge in [0.05, 0.1) is 25.1 Å². The second kappa shape index (κ2) is 15.5. The molecule has 3 amide bonds. The number of allylic oxidation sites excluding steroid dienone is 1. The topological polar surface area (TPSA) is 161 Å². The number of nitrogens with zero attached hydrogens (tertiary/aromatic N) is 1. The number of nitrogens with one attached hydrogen (secondary N) is 2. The number of alkyl carbamates (subject to hydrolysis) is 2. The molecule has 258 valence electrons. The third kappa shape index (κ3) is 10.3. The van der Waals surface area contributed by atoms with E-state index in [1.54, 1.807) is 32.9 Å². The number of amides is 3. The van der Waals surface area contributed by atoms with Crippen molar-refractivity contribution in [1.82, 2.24) is 15.5 Å². The van der Waals surface area contributed by atoms with Crippen molar-refractivity contribution in [3.05, 3.63) is 54.1 Å². The summed E-state index contributed by atoms with van der Waals surface area (Å²) in [5, 5.41) is 15.1. The summed E-state index contributed by atoms with van der Waals surface area (Å²) in [7, 11) is 0. The second-order valence-electron chi connectivity index (χ2n) is 14.1. The van der Waals surface area contributed by atoms with E-state index in [0.29, 0.717) is 19.3 Å². The van der Waals surface area contributed by atoms with Gasteiger partial charge in [0, 0.05) is 6.42 Å². The number of carboxylic acids is 1. The number of rotatable bonds is 13. The first-order chi connectivity index (χ1) is 21.9. The van der Waals surface area contributed by atoms with E-state index in [-0.39, 0.29) is 25.0 Å². The largest absolute Gasteiger partial charge is 0.480 e. The highest BCUT2D eigenvalue weighted by molar-refractivity contribution is 5.91. The van der Waals surface area contributed by atoms with E-state index < -0.39 is 65.8 Å². The molecule has 0 aromatic heterocycles. The number of likely N-dealkylation sites (tertiary alicyclic amines) is 1. The molecule has 3 N–H and O–H groups in total. The van der Waals surface area contributed by atoms with Crippen molar-refractivity contribution in [2.75, 3.05) is 13.2 Å². The van der Waals surface area contributed by atoms with Crippen LogP contribution in [0.4, 0.5) is 9.59 Å². The van der Waals surface area contributed by atoms with E-state index in [0.717, 1.165) is 28.0 Å². The summed E-state index contributed by atoms with van der Waals surface area (Å²) in [4.78, 5) is 66.1. The fraction of sp³-hybridized carbons (Fsp3) is 0.571. The highest BCUT2D eigenvalue weighted by atomic mass is 16.6. The maximum absolute atomic E-state index is 14.0. The first kappa shape index (κ1) is 37.1. The lowest BCUT2D eigenvalue weighted by Crippen LogP contribution is -2.60. The molecule has 3 rings (SSSR count). The summed E-state index contributed by atoms with van der Waals surface area (Å²) < 4.78 is 16.5. The Morgan fingerprint density at radius 3 is 2.38 bits per heavy atom. The molecule has 0 saturated carbocycles. The zero-order valence-corrected chi connectivity index (χ0v) is 28.3. The first-order valence-electron chi connectivity index (χ1n) is 16.0. The van der Waals surface area contributed by atoms with Crippen molar-refractivity contribution in [2.45, 2.75) is 103 Å². The third-order valence-electron chi connectivity index (χ3n) is 8.30. The summed E-state index contributed by atoms with van der Waals surface area (Å²) in [6, 6.07) is 2.00. The molecular weight excluding hydrogens is 606 g/mol. The molecule has 5 unspecified atom stereocenters. The summed E-state index contributed by atoms with van der Waals surface area (Å²) in [6.45, 7) is 17.7. The lowest BCUT2D eigenvalue weighted by atomic mass is 9.89. The average Bonchev–Trinajstić information content (AvgIpc) is 3.61. The maximum Gasteiger partial charge on any atom is 0.407 e. The van der Waals surface area contributed by atoms with Gasteiger partial charge in [-0.1, -0.05) is 50.8 Å². The summed E-state index contributed by atoms with van der Waals surface area (Å²) in [5.74, 6) is -3.00. The van der Waals surface area contributed by atoms with Gasteiger partial charge in [0.1, 0.15) is 23.8 Å². The molecule has 0 bridgehead atoms. The Morgan fingerprint density at radius 2 is 1.77 bits per heavy atom. The van der Waals surface area contributed by atoms with Crippen LogP contribution in [0.3, 0.4) is 0 Å². The molecule has 1 aliphatic heterocycles. The zero-order valence-electron chi connectivity index (χ0n) is 28.3. The Kier molecular flexibility index (Phi) is 12.2. The van der Waals surface area contributed by atoms with Crippen molar-refractivity contribution < 1.29 is 43.3 Å². The predicted molar refractivity (Wildman–Crippen MR) is 175 cm³/mol. The minimum atomic E-state index is -1.43. The average molecular weight is 656 g/mol. The minimum Gasteiger partial charge on any atom is -0.480 e. The van der Waals surface area contributed by atoms with E-state index in [1.807, 2.05) is 32.0 Å². The third-order valence-corrected chi connectivity index (χ3v) is 8.30. The van der Waals surface area contributed by atoms with Crippen LogP contribution in [0.1, 0.15) is 77.5 Å². The molecule has 2 aliphatic rings. The lowest BCUT2D eigenvalue weighted by Gasteiger charge is -2.31. The smallest absolute Gasteiger partial charge is 0.407 e. The van der Waals surface area contributed by atoms with Crippen molar-refractivity contribution in [3.63, 3.8) is 0 Å². The molecule has 1 aliphatic carbocycles. The minimum absolute atomic E-state index is 0.0419. The molecule has 1 saturated heterocycles. The van der Waals surface area contributed by atoms with Crippen LogP contribution in [-0.2, 0) is 41.4 Å². The fourth-order valence-corrected chi connectivity index (χ4v) is 5.81. The van der Waals surface area contributed by atoms with E-state index >= 15 is 0 Å². The Hall–Kier alpha value is -4.35. The van der Waals surface area contributed by atoms with Crippen LogP contribution in [-0.4, -0.2) is 83.0 Å². The Labute approximate surface area is 276 Å². The zero-order chi connectivity index (χ0) is 35.1. The molecule has 0 radical (unpaired) electrons. The number of ether oxygens (including phenoxy) is 3. The van der Waals surface area contributed by atoms with Crippen molar-refractivity contribution in [3.8, 4) is 0 Å². The normalized spacial score (nSPS) is 20.3. The number of hydrogen-bond acceptors (Lipinski definition) is 8. The van der Waals surface area contributed by atoms with Crippen molar-refractivity contribution in [2.24, 2.45) is 11.3 Å². The van der Waals surface area contributed by atoms with Crippen LogP contribution in [0.5, 0.6) is 0 Å². The second-order valence-corrected chi connectivity index (χ2v) is 14.1. The number of fused-ring (bicyclic) bond motifs is 1. The maximum atomic E-state index is 14.0. The van der Waals surface area contributed by atoms with Gasteiger partial charge < -0.3 is 34.9 Å². The molecule has 1 aromatic carbocycles. The molecule has 1 aromatic rings. The van der Waals surface area contributed by atoms with Gasteiger partial charge in [0.15, 0.2) is 0 Å². The number of carbonyl (C=O) groups is 5. The van der Waals surface area contributed by atoms with E-state index in [9.17, 15) is 29.1 Å². The van der Waals surface area contributed by atoms with Gasteiger partial charge >= 0.3 is 24.1 Å². The molecule has 1 heterocycles. The van der Waals surface area contributed by atoms with Gasteiger partial charge in [-0.15, -0.1) is 6.58 Å². The SMILES string of the molecule is C=CCCC(C)(C)COC(=O)NC(C(=O)N1CC(OC(=O)C2Cc3cccc(C=C)c3C2)CC1C(=O)O)C(C)NC(=O)OC(C)(C)C. The summed E-state index contributed by atoms with van der Waals surface area (Å²) in [5.41, 5.74) is 1.81. The van der Waals surface area contributed by atoms with Crippen LogP contribution in [0.15, 0.2) is 37.4 Å². The number of carboxylic acid groups (broad SMARTS) is 1. The number of esters is 1. The monoisotopic (exact) mass is 655 g/mol. The van der Waals surface area contributed by atoms with Gasteiger partial charge in [-0.05, 0) is 75.5 Å². The van der Waals surface area contributed by atoms with Crippen LogP contribution in [0.25, 0.3) is 6.08 Å². The number of carbonyl (C=O) groups excluding carboxylic acids is 4. The Morgan fingerprint density at radius 1 is 1.06 bits per heavy atom. The van der Waals surface area contributed by atoms with Gasteiger partial charge in [0.25, 0.3) is 0 Å². The number of aliphatic carboxylic acids is 1. The standard InChI is InChI=1S/C35H49N3O9/c1-9-11-15-35(7,8)20-45-32(43)37-28(21(3)36-33(44)47-34(4,5)6)29(39)38-19-25(18-27(38)30(40)41)46-31(42)24-16-23-14-12-13-22(10-2)26(23)17-24/h9-10,12-14,21,24-25,27-28H,1-2,11,15-20H2,3-8H3,(H,36,44)(H,37,43)(H,40,41). The molecule has 47 heavy (non-hydrogen) atoms. The van der Waals surface area contributed by atoms with Gasteiger partial charge in [-0.25, -0.2) is 14.4 Å². The fourth-order valence-electron chi connectivity index (χ4n) is 5.81. The molecule has 12 heteroatoms. The predicted octanol–water partition coefficient (Wildman–Crippen LogP) is 4.64. The van der Waals surface area contributed by atoms with Crippen molar-refractivity contribution >= 4 is 36.1 Å². The quantitative estimate of drug-likeness (QED) is 0.156. The van der Waals surface area contributed by atoms with Crippen LogP contribution in [0.2, 0.25) is 0 Å². The number of hydrogen-bond donors (Lipinski definition) is 3. The van der Waals surface area contributed by atoms with E-state index in [1.165, 1.54) is 6.92 Å². The molecule has 5 atom stereocenters. The highest BCUT2D eigenvalue weighted by Crippen LogP contribution is 2.32. The van der Waals surface area contributed by atoms with Gasteiger partial charge in [-0.3, -0.25) is 9.59 Å². The molecule has 1 fully saturated rings. The van der Waals surface area contributed by atoms with Crippen LogP contribution >= 0.6 is 0 Å². The molecular formula is C35H49N3O9. The summed E-state index contributed by atoms with van der Waals surface area (Å²) >= 11 is 0. The van der Waals surface area contributed by atoms with Crippen molar-refractivity contribution in [1.29, 1.82) is 0 Å². The van der Waals surface area contributed by atoms with Crippen LogP contribution in [0, 0.1) is 11.3 Å². The highest BCUT2D eigenvalue weighted by Gasteiger charge is 2.46. The summed E-state index contributed by atoms with van der Waals surface area (Å²) in [6.07, 6.45) is 3.13. The van der Waals surface area contributed by atoms with Crippen LogP contribution < -0.4 is 10.6 Å². The van der Waals surface area contributed by atoms with Gasteiger partial charge in [-0.2, -0.15) is 0 Å². The van der Waals surface area contributed by atoms with E-state index in [2.05, 4.69) is 23.8 Å². The molecule has 0 spiro atoms. The van der Waals surface area contributed by atoms with E-state index in [4.69, 9.17) is 14.2 Å². The van der Waals surface area contributed by atoms with Gasteiger partial charge in [0.2, 0.25) is 5.91 Å². The first-order valence-corrected chi connectivity index (χ1v) is 16.0. The number of benzene rings is 1.